The fourth-order valence-corrected chi connectivity index (χ4v) is 2.27. The largest absolute Gasteiger partial charge is 0.337 e. The zero-order chi connectivity index (χ0) is 12.3. The Labute approximate surface area is 115 Å². The maximum atomic E-state index is 12.4. The van der Waals surface area contributed by atoms with Gasteiger partial charge in [-0.25, -0.2) is 0 Å². The third-order valence-corrected chi connectivity index (χ3v) is 3.24. The highest BCUT2D eigenvalue weighted by Crippen LogP contribution is 2.13. The predicted molar refractivity (Wildman–Crippen MR) is 76.6 cm³/mol. The van der Waals surface area contributed by atoms with E-state index in [0.717, 1.165) is 43.7 Å². The average Bonchev–Trinajstić information content (AvgIpc) is 2.56. The van der Waals surface area contributed by atoms with Crippen LogP contribution in [0.4, 0.5) is 0 Å². The van der Waals surface area contributed by atoms with Gasteiger partial charge in [0.25, 0.3) is 5.91 Å². The molecular formula is C14H21ClN2O. The van der Waals surface area contributed by atoms with Crippen molar-refractivity contribution in [2.75, 3.05) is 26.2 Å². The van der Waals surface area contributed by atoms with Crippen LogP contribution in [0.2, 0.25) is 0 Å². The molecule has 1 aromatic rings. The first kappa shape index (κ1) is 15.0. The molecule has 0 bridgehead atoms. The molecule has 0 spiro atoms. The van der Waals surface area contributed by atoms with Crippen LogP contribution >= 0.6 is 12.4 Å². The number of hydrogen-bond donors (Lipinski definition) is 1. The van der Waals surface area contributed by atoms with Gasteiger partial charge < -0.3 is 10.2 Å². The molecule has 0 unspecified atom stereocenters. The normalized spacial score (nSPS) is 15.8. The van der Waals surface area contributed by atoms with Gasteiger partial charge in [-0.1, -0.05) is 17.7 Å². The van der Waals surface area contributed by atoms with Gasteiger partial charge >= 0.3 is 0 Å². The summed E-state index contributed by atoms with van der Waals surface area (Å²) >= 11 is 0. The van der Waals surface area contributed by atoms with Gasteiger partial charge in [-0.15, -0.1) is 12.4 Å². The van der Waals surface area contributed by atoms with Crippen molar-refractivity contribution in [3.63, 3.8) is 0 Å². The Morgan fingerprint density at radius 3 is 2.72 bits per heavy atom. The van der Waals surface area contributed by atoms with E-state index in [1.54, 1.807) is 0 Å². The molecule has 1 aromatic carbocycles. The first-order valence-corrected chi connectivity index (χ1v) is 6.26. The standard InChI is InChI=1S/C14H20N2O.ClH/c1-11-4-5-13(12(2)10-11)14(17)16-8-3-6-15-7-9-16;/h4-5,10,15H,3,6-9H2,1-2H3;1H. The topological polar surface area (TPSA) is 32.3 Å². The molecular weight excluding hydrogens is 248 g/mol. The zero-order valence-electron chi connectivity index (χ0n) is 11.0. The second-order valence-electron chi connectivity index (χ2n) is 4.71. The van der Waals surface area contributed by atoms with E-state index in [9.17, 15) is 4.79 Å². The molecule has 1 fully saturated rings. The summed E-state index contributed by atoms with van der Waals surface area (Å²) in [6.45, 7) is 7.64. The first-order chi connectivity index (χ1) is 8.18. The van der Waals surface area contributed by atoms with Crippen molar-refractivity contribution in [2.24, 2.45) is 0 Å². The molecule has 1 aliphatic rings. The summed E-state index contributed by atoms with van der Waals surface area (Å²) in [5.41, 5.74) is 3.13. The van der Waals surface area contributed by atoms with Crippen molar-refractivity contribution in [3.05, 3.63) is 34.9 Å². The van der Waals surface area contributed by atoms with Crippen LogP contribution in [0, 0.1) is 13.8 Å². The van der Waals surface area contributed by atoms with Crippen LogP contribution < -0.4 is 5.32 Å². The second kappa shape index (κ2) is 6.76. The Bertz CT molecular complexity index is 412. The van der Waals surface area contributed by atoms with Crippen LogP contribution in [0.1, 0.15) is 27.9 Å². The van der Waals surface area contributed by atoms with E-state index in [-0.39, 0.29) is 18.3 Å². The fraction of sp³-hybridized carbons (Fsp3) is 0.500. The Morgan fingerprint density at radius 1 is 1.22 bits per heavy atom. The summed E-state index contributed by atoms with van der Waals surface area (Å²) in [6.07, 6.45) is 1.04. The molecule has 100 valence electrons. The molecule has 2 rings (SSSR count). The third-order valence-electron chi connectivity index (χ3n) is 3.24. The van der Waals surface area contributed by atoms with Gasteiger partial charge in [0.1, 0.15) is 0 Å². The fourth-order valence-electron chi connectivity index (χ4n) is 2.27. The molecule has 18 heavy (non-hydrogen) atoms. The number of halogens is 1. The molecule has 1 saturated heterocycles. The van der Waals surface area contributed by atoms with Crippen LogP contribution in [0.25, 0.3) is 0 Å². The number of benzene rings is 1. The summed E-state index contributed by atoms with van der Waals surface area (Å²) in [5, 5.41) is 3.31. The van der Waals surface area contributed by atoms with Crippen LogP contribution in [-0.2, 0) is 0 Å². The highest BCUT2D eigenvalue weighted by molar-refractivity contribution is 5.95. The Morgan fingerprint density at radius 2 is 2.00 bits per heavy atom. The van der Waals surface area contributed by atoms with E-state index in [4.69, 9.17) is 0 Å². The lowest BCUT2D eigenvalue weighted by Crippen LogP contribution is -2.34. The van der Waals surface area contributed by atoms with Crippen LogP contribution in [0.5, 0.6) is 0 Å². The number of rotatable bonds is 1. The second-order valence-corrected chi connectivity index (χ2v) is 4.71. The van der Waals surface area contributed by atoms with Gasteiger partial charge in [-0.2, -0.15) is 0 Å². The Kier molecular flexibility index (Phi) is 5.63. The lowest BCUT2D eigenvalue weighted by Gasteiger charge is -2.21. The van der Waals surface area contributed by atoms with Gasteiger partial charge in [0, 0.05) is 25.2 Å². The minimum absolute atomic E-state index is 0. The molecule has 0 aromatic heterocycles. The van der Waals surface area contributed by atoms with Gasteiger partial charge in [0.15, 0.2) is 0 Å². The summed E-state index contributed by atoms with van der Waals surface area (Å²) in [6, 6.07) is 6.03. The Hall–Kier alpha value is -1.06. The lowest BCUT2D eigenvalue weighted by molar-refractivity contribution is 0.0765. The highest BCUT2D eigenvalue weighted by atomic mass is 35.5. The SMILES string of the molecule is Cc1ccc(C(=O)N2CCCNCC2)c(C)c1.Cl. The van der Waals surface area contributed by atoms with E-state index in [1.165, 1.54) is 5.56 Å². The lowest BCUT2D eigenvalue weighted by atomic mass is 10.0. The number of carbonyl (C=O) groups is 1. The molecule has 0 atom stereocenters. The van der Waals surface area contributed by atoms with Crippen molar-refractivity contribution in [3.8, 4) is 0 Å². The van der Waals surface area contributed by atoms with Gasteiger partial charge in [-0.05, 0) is 38.4 Å². The summed E-state index contributed by atoms with van der Waals surface area (Å²) in [7, 11) is 0. The number of carbonyl (C=O) groups excluding carboxylic acids is 1. The maximum Gasteiger partial charge on any atom is 0.254 e. The van der Waals surface area contributed by atoms with Gasteiger partial charge in [-0.3, -0.25) is 4.79 Å². The van der Waals surface area contributed by atoms with E-state index in [2.05, 4.69) is 18.3 Å². The van der Waals surface area contributed by atoms with Crippen molar-refractivity contribution >= 4 is 18.3 Å². The Balaban J connectivity index is 0.00000162. The molecule has 0 aliphatic carbocycles. The van der Waals surface area contributed by atoms with E-state index in [0.29, 0.717) is 0 Å². The molecule has 0 radical (unpaired) electrons. The van der Waals surface area contributed by atoms with Crippen molar-refractivity contribution in [1.82, 2.24) is 10.2 Å². The van der Waals surface area contributed by atoms with Crippen molar-refractivity contribution in [2.45, 2.75) is 20.3 Å². The maximum absolute atomic E-state index is 12.4. The van der Waals surface area contributed by atoms with Crippen molar-refractivity contribution < 1.29 is 4.79 Å². The molecule has 1 heterocycles. The smallest absolute Gasteiger partial charge is 0.254 e. The first-order valence-electron chi connectivity index (χ1n) is 6.26. The van der Waals surface area contributed by atoms with Crippen LogP contribution in [0.15, 0.2) is 18.2 Å². The molecule has 0 saturated carbocycles. The number of nitrogens with zero attached hydrogens (tertiary/aromatic N) is 1. The molecule has 1 aliphatic heterocycles. The zero-order valence-corrected chi connectivity index (χ0v) is 11.8. The number of nitrogens with one attached hydrogen (secondary N) is 1. The van der Waals surface area contributed by atoms with Crippen LogP contribution in [-0.4, -0.2) is 37.0 Å². The van der Waals surface area contributed by atoms with Crippen LogP contribution in [0.3, 0.4) is 0 Å². The average molecular weight is 269 g/mol. The quantitative estimate of drug-likeness (QED) is 0.847. The molecule has 1 N–H and O–H groups in total. The van der Waals surface area contributed by atoms with E-state index in [1.807, 2.05) is 24.0 Å². The minimum Gasteiger partial charge on any atom is -0.337 e. The van der Waals surface area contributed by atoms with Crippen molar-refractivity contribution in [1.29, 1.82) is 0 Å². The summed E-state index contributed by atoms with van der Waals surface area (Å²) < 4.78 is 0. The summed E-state index contributed by atoms with van der Waals surface area (Å²) in [5.74, 6) is 0.172. The monoisotopic (exact) mass is 268 g/mol. The molecule has 1 amide bonds. The predicted octanol–water partition coefficient (Wildman–Crippen LogP) is 2.16. The third kappa shape index (κ3) is 3.47. The number of aryl methyl sites for hydroxylation is 2. The summed E-state index contributed by atoms with van der Waals surface area (Å²) in [4.78, 5) is 14.3. The van der Waals surface area contributed by atoms with E-state index < -0.39 is 0 Å². The van der Waals surface area contributed by atoms with Gasteiger partial charge in [0.2, 0.25) is 0 Å². The molecule has 3 nitrogen and oxygen atoms in total. The highest BCUT2D eigenvalue weighted by Gasteiger charge is 2.18. The number of amides is 1. The van der Waals surface area contributed by atoms with E-state index >= 15 is 0 Å². The molecule has 4 heteroatoms. The minimum atomic E-state index is 0. The number of hydrogen-bond acceptors (Lipinski definition) is 2. The van der Waals surface area contributed by atoms with Gasteiger partial charge in [0.05, 0.1) is 0 Å².